The maximum absolute atomic E-state index is 12.5. The number of hydrogen-bond donors (Lipinski definition) is 4. The second kappa shape index (κ2) is 13.6. The van der Waals surface area contributed by atoms with E-state index in [4.69, 9.17) is 10.8 Å². The predicted molar refractivity (Wildman–Crippen MR) is 120 cm³/mol. The SMILES string of the molecule is Nc1ccc(CNC=O)cc1.O=C(O)CNC(CC1CCCCC1)C(=O)N1CCCC1. The molecule has 0 spiro atoms. The van der Waals surface area contributed by atoms with E-state index in [1.54, 1.807) is 0 Å². The zero-order chi connectivity index (χ0) is 22.5. The summed E-state index contributed by atoms with van der Waals surface area (Å²) in [5, 5.41) is 14.3. The summed E-state index contributed by atoms with van der Waals surface area (Å²) in [6, 6.07) is 7.06. The fourth-order valence-corrected chi connectivity index (χ4v) is 4.19. The molecule has 1 aromatic carbocycles. The van der Waals surface area contributed by atoms with Crippen molar-refractivity contribution in [3.63, 3.8) is 0 Å². The summed E-state index contributed by atoms with van der Waals surface area (Å²) >= 11 is 0. The molecular formula is C23H36N4O4. The highest BCUT2D eigenvalue weighted by Gasteiger charge is 2.29. The number of nitrogens with one attached hydrogen (secondary N) is 2. The number of nitrogens with zero attached hydrogens (tertiary/aromatic N) is 1. The number of nitrogen functional groups attached to an aromatic ring is 1. The van der Waals surface area contributed by atoms with Crippen LogP contribution in [0.4, 0.5) is 5.69 Å². The summed E-state index contributed by atoms with van der Waals surface area (Å²) in [5.41, 5.74) is 7.25. The van der Waals surface area contributed by atoms with E-state index >= 15 is 0 Å². The van der Waals surface area contributed by atoms with Crippen molar-refractivity contribution in [1.82, 2.24) is 15.5 Å². The molecule has 0 radical (unpaired) electrons. The molecule has 0 bridgehead atoms. The van der Waals surface area contributed by atoms with Crippen molar-refractivity contribution in [3.05, 3.63) is 29.8 Å². The van der Waals surface area contributed by atoms with Gasteiger partial charge in [0.25, 0.3) is 0 Å². The Hall–Kier alpha value is -2.61. The monoisotopic (exact) mass is 432 g/mol. The molecule has 1 unspecified atom stereocenters. The van der Waals surface area contributed by atoms with Crippen molar-refractivity contribution in [2.45, 2.75) is 64.0 Å². The van der Waals surface area contributed by atoms with E-state index in [1.165, 1.54) is 32.1 Å². The second-order valence-corrected chi connectivity index (χ2v) is 8.34. The van der Waals surface area contributed by atoms with Gasteiger partial charge in [0.05, 0.1) is 12.6 Å². The van der Waals surface area contributed by atoms with Gasteiger partial charge in [0.1, 0.15) is 0 Å². The smallest absolute Gasteiger partial charge is 0.317 e. The van der Waals surface area contributed by atoms with E-state index in [0.717, 1.165) is 43.6 Å². The highest BCUT2D eigenvalue weighted by atomic mass is 16.4. The van der Waals surface area contributed by atoms with Crippen LogP contribution < -0.4 is 16.4 Å². The van der Waals surface area contributed by atoms with E-state index in [2.05, 4.69) is 10.6 Å². The number of hydrogen-bond acceptors (Lipinski definition) is 5. The summed E-state index contributed by atoms with van der Waals surface area (Å²) < 4.78 is 0. The van der Waals surface area contributed by atoms with Crippen LogP contribution in [0.25, 0.3) is 0 Å². The predicted octanol–water partition coefficient (Wildman–Crippen LogP) is 2.14. The standard InChI is InChI=1S/C15H26N2O3.C8H10N2O/c18-14(19)11-16-13(10-12-6-2-1-3-7-12)15(20)17-8-4-5-9-17;9-8-3-1-7(2-4-8)5-10-6-11/h12-13,16H,1-11H2,(H,18,19);1-4,6H,5,9H2,(H,10,11). The molecule has 172 valence electrons. The summed E-state index contributed by atoms with van der Waals surface area (Å²) in [6.07, 6.45) is 9.75. The quantitative estimate of drug-likeness (QED) is 0.350. The number of carbonyl (C=O) groups excluding carboxylic acids is 2. The minimum absolute atomic E-state index is 0.106. The molecule has 1 aliphatic carbocycles. The van der Waals surface area contributed by atoms with E-state index in [9.17, 15) is 14.4 Å². The molecule has 0 aromatic heterocycles. The minimum Gasteiger partial charge on any atom is -0.480 e. The lowest BCUT2D eigenvalue weighted by Crippen LogP contribution is -2.48. The number of benzene rings is 1. The van der Waals surface area contributed by atoms with E-state index in [1.807, 2.05) is 29.2 Å². The third-order valence-electron chi connectivity index (χ3n) is 5.88. The average molecular weight is 433 g/mol. The number of rotatable bonds is 9. The average Bonchev–Trinajstić information content (AvgIpc) is 3.32. The van der Waals surface area contributed by atoms with Crippen molar-refractivity contribution >= 4 is 24.0 Å². The molecule has 2 amide bonds. The number of likely N-dealkylation sites (tertiary alicyclic amines) is 1. The van der Waals surface area contributed by atoms with Gasteiger partial charge in [0, 0.05) is 25.3 Å². The van der Waals surface area contributed by atoms with Crippen molar-refractivity contribution in [3.8, 4) is 0 Å². The lowest BCUT2D eigenvalue weighted by molar-refractivity contribution is -0.137. The number of aliphatic carboxylic acids is 1. The highest BCUT2D eigenvalue weighted by molar-refractivity contribution is 5.83. The molecule has 1 aliphatic heterocycles. The van der Waals surface area contributed by atoms with Crippen LogP contribution in [0.1, 0.15) is 56.9 Å². The van der Waals surface area contributed by atoms with Crippen LogP contribution in [-0.4, -0.2) is 54.0 Å². The fraction of sp³-hybridized carbons (Fsp3) is 0.609. The molecule has 2 aliphatic rings. The van der Waals surface area contributed by atoms with Crippen LogP contribution in [0.15, 0.2) is 24.3 Å². The normalized spacial score (nSPS) is 17.4. The van der Waals surface area contributed by atoms with Crippen molar-refractivity contribution in [2.75, 3.05) is 25.4 Å². The number of carbonyl (C=O) groups is 3. The first kappa shape index (κ1) is 24.7. The second-order valence-electron chi connectivity index (χ2n) is 8.34. The number of carboxylic acid groups (broad SMARTS) is 1. The first-order valence-corrected chi connectivity index (χ1v) is 11.2. The molecule has 3 rings (SSSR count). The van der Waals surface area contributed by atoms with Crippen molar-refractivity contribution < 1.29 is 19.5 Å². The van der Waals surface area contributed by atoms with Gasteiger partial charge < -0.3 is 21.1 Å². The molecule has 31 heavy (non-hydrogen) atoms. The first-order valence-electron chi connectivity index (χ1n) is 11.2. The van der Waals surface area contributed by atoms with Gasteiger partial charge in [-0.2, -0.15) is 0 Å². The van der Waals surface area contributed by atoms with Crippen LogP contribution in [-0.2, 0) is 20.9 Å². The van der Waals surface area contributed by atoms with Gasteiger partial charge in [-0.3, -0.25) is 19.7 Å². The molecule has 5 N–H and O–H groups in total. The maximum Gasteiger partial charge on any atom is 0.317 e. The summed E-state index contributed by atoms with van der Waals surface area (Å²) in [5.74, 6) is -0.219. The molecule has 8 heteroatoms. The molecule has 1 saturated carbocycles. The first-order chi connectivity index (χ1) is 15.0. The van der Waals surface area contributed by atoms with E-state index in [0.29, 0.717) is 18.9 Å². The largest absolute Gasteiger partial charge is 0.480 e. The van der Waals surface area contributed by atoms with Crippen LogP contribution in [0.2, 0.25) is 0 Å². The molecule has 1 saturated heterocycles. The van der Waals surface area contributed by atoms with Gasteiger partial charge in [-0.05, 0) is 42.9 Å². The lowest BCUT2D eigenvalue weighted by atomic mass is 9.84. The van der Waals surface area contributed by atoms with E-state index in [-0.39, 0.29) is 18.5 Å². The zero-order valence-electron chi connectivity index (χ0n) is 18.2. The third kappa shape index (κ3) is 9.38. The van der Waals surface area contributed by atoms with Crippen LogP contribution in [0, 0.1) is 5.92 Å². The van der Waals surface area contributed by atoms with Crippen LogP contribution in [0.5, 0.6) is 0 Å². The maximum atomic E-state index is 12.5. The molecule has 8 nitrogen and oxygen atoms in total. The van der Waals surface area contributed by atoms with Crippen LogP contribution in [0.3, 0.4) is 0 Å². The lowest BCUT2D eigenvalue weighted by Gasteiger charge is -2.29. The van der Waals surface area contributed by atoms with Gasteiger partial charge in [0.15, 0.2) is 0 Å². The molecule has 1 aromatic rings. The van der Waals surface area contributed by atoms with Crippen LogP contribution >= 0.6 is 0 Å². The summed E-state index contributed by atoms with van der Waals surface area (Å²) in [4.78, 5) is 35.1. The number of anilines is 1. The van der Waals surface area contributed by atoms with Gasteiger partial charge in [0.2, 0.25) is 12.3 Å². The Labute approximate surface area is 184 Å². The Morgan fingerprint density at radius 2 is 1.74 bits per heavy atom. The van der Waals surface area contributed by atoms with Gasteiger partial charge in [-0.15, -0.1) is 0 Å². The topological polar surface area (TPSA) is 125 Å². The molecular weight excluding hydrogens is 396 g/mol. The zero-order valence-corrected chi connectivity index (χ0v) is 18.2. The number of nitrogens with two attached hydrogens (primary N) is 1. The van der Waals surface area contributed by atoms with Gasteiger partial charge in [-0.1, -0.05) is 44.2 Å². The molecule has 1 heterocycles. The minimum atomic E-state index is -0.895. The Morgan fingerprint density at radius 3 is 2.32 bits per heavy atom. The Morgan fingerprint density at radius 1 is 1.10 bits per heavy atom. The van der Waals surface area contributed by atoms with Gasteiger partial charge in [-0.25, -0.2) is 0 Å². The van der Waals surface area contributed by atoms with E-state index < -0.39 is 5.97 Å². The van der Waals surface area contributed by atoms with Crippen molar-refractivity contribution in [2.24, 2.45) is 5.92 Å². The summed E-state index contributed by atoms with van der Waals surface area (Å²) in [7, 11) is 0. The Bertz CT molecular complexity index is 683. The number of carboxylic acids is 1. The number of amides is 2. The highest BCUT2D eigenvalue weighted by Crippen LogP contribution is 2.28. The summed E-state index contributed by atoms with van der Waals surface area (Å²) in [6.45, 7) is 2.09. The Kier molecular flexibility index (Phi) is 10.9. The van der Waals surface area contributed by atoms with Gasteiger partial charge >= 0.3 is 5.97 Å². The Balaban J connectivity index is 0.000000262. The molecule has 1 atom stereocenters. The fourth-order valence-electron chi connectivity index (χ4n) is 4.19. The third-order valence-corrected chi connectivity index (χ3v) is 5.88. The van der Waals surface area contributed by atoms with Crippen molar-refractivity contribution in [1.29, 1.82) is 0 Å². The molecule has 2 fully saturated rings.